The third kappa shape index (κ3) is 3.44. The first-order valence-electron chi connectivity index (χ1n) is 9.77. The van der Waals surface area contributed by atoms with Crippen LogP contribution in [-0.2, 0) is 0 Å². The molecule has 0 aromatic heterocycles. The Bertz CT molecular complexity index is 950. The van der Waals surface area contributed by atoms with Crippen LogP contribution in [0.2, 0.25) is 0 Å². The summed E-state index contributed by atoms with van der Waals surface area (Å²) in [4.78, 5) is 0. The highest BCUT2D eigenvalue weighted by Crippen LogP contribution is 2.37. The lowest BCUT2D eigenvalue weighted by Crippen LogP contribution is -2.45. The highest BCUT2D eigenvalue weighted by atomic mass is 28.3. The van der Waals surface area contributed by atoms with Gasteiger partial charge in [-0.05, 0) is 44.7 Å². The van der Waals surface area contributed by atoms with Crippen molar-refractivity contribution in [2.75, 3.05) is 0 Å². The van der Waals surface area contributed by atoms with E-state index in [1.807, 2.05) is 0 Å². The molecule has 1 heteroatoms. The van der Waals surface area contributed by atoms with Crippen molar-refractivity contribution in [1.29, 1.82) is 0 Å². The summed E-state index contributed by atoms with van der Waals surface area (Å²) >= 11 is 0. The first kappa shape index (κ1) is 18.0. The summed E-state index contributed by atoms with van der Waals surface area (Å²) in [6.07, 6.45) is 2.48. The zero-order valence-electron chi connectivity index (χ0n) is 16.9. The molecular formula is C26H27Si. The molecule has 0 bridgehead atoms. The SMILES string of the molecule is Cc1cc(C)cc([Si](C2=Cc3ccccc3C2C)c2cc(C)cc(C)c2)c1. The predicted octanol–water partition coefficient (Wildman–Crippen LogP) is 5.27. The van der Waals surface area contributed by atoms with E-state index in [1.165, 1.54) is 43.8 Å². The van der Waals surface area contributed by atoms with Crippen LogP contribution in [0.4, 0.5) is 0 Å². The summed E-state index contributed by atoms with van der Waals surface area (Å²) in [6.45, 7) is 11.3. The molecule has 135 valence electrons. The van der Waals surface area contributed by atoms with Crippen molar-refractivity contribution in [2.45, 2.75) is 40.5 Å². The van der Waals surface area contributed by atoms with Gasteiger partial charge in [0, 0.05) is 0 Å². The van der Waals surface area contributed by atoms with Gasteiger partial charge in [0.1, 0.15) is 0 Å². The van der Waals surface area contributed by atoms with Gasteiger partial charge in [0.15, 0.2) is 8.80 Å². The maximum absolute atomic E-state index is 2.48. The van der Waals surface area contributed by atoms with E-state index in [0.29, 0.717) is 5.92 Å². The van der Waals surface area contributed by atoms with Gasteiger partial charge in [-0.1, -0.05) is 111 Å². The monoisotopic (exact) mass is 367 g/mol. The van der Waals surface area contributed by atoms with Crippen molar-refractivity contribution in [3.05, 3.63) is 99.2 Å². The minimum Gasteiger partial charge on any atom is -0.0649 e. The van der Waals surface area contributed by atoms with E-state index in [0.717, 1.165) is 0 Å². The Morgan fingerprint density at radius 1 is 0.667 bits per heavy atom. The van der Waals surface area contributed by atoms with E-state index in [4.69, 9.17) is 0 Å². The van der Waals surface area contributed by atoms with E-state index >= 15 is 0 Å². The van der Waals surface area contributed by atoms with Crippen molar-refractivity contribution in [2.24, 2.45) is 0 Å². The molecular weight excluding hydrogens is 340 g/mol. The highest BCUT2D eigenvalue weighted by molar-refractivity contribution is 6.91. The molecule has 0 fully saturated rings. The Labute approximate surface area is 165 Å². The Morgan fingerprint density at radius 3 is 1.63 bits per heavy atom. The van der Waals surface area contributed by atoms with Gasteiger partial charge in [0.25, 0.3) is 0 Å². The summed E-state index contributed by atoms with van der Waals surface area (Å²) in [6, 6.07) is 23.1. The molecule has 4 rings (SSSR count). The molecule has 0 nitrogen and oxygen atoms in total. The Kier molecular flexibility index (Phi) is 4.65. The van der Waals surface area contributed by atoms with Gasteiger partial charge < -0.3 is 0 Å². The van der Waals surface area contributed by atoms with Gasteiger partial charge in [-0.15, -0.1) is 0 Å². The lowest BCUT2D eigenvalue weighted by atomic mass is 10.0. The number of rotatable bonds is 3. The molecule has 3 aromatic carbocycles. The first-order chi connectivity index (χ1) is 12.9. The molecule has 0 saturated heterocycles. The molecule has 3 aromatic rings. The smallest absolute Gasteiger partial charge is 0.0649 e. The van der Waals surface area contributed by atoms with Crippen LogP contribution in [0.1, 0.15) is 46.2 Å². The van der Waals surface area contributed by atoms with E-state index < -0.39 is 8.80 Å². The molecule has 0 aliphatic heterocycles. The molecule has 0 saturated carbocycles. The molecule has 1 atom stereocenters. The molecule has 0 N–H and O–H groups in total. The zero-order chi connectivity index (χ0) is 19.1. The number of benzene rings is 3. The molecule has 1 radical (unpaired) electrons. The van der Waals surface area contributed by atoms with Crippen LogP contribution in [0.5, 0.6) is 0 Å². The summed E-state index contributed by atoms with van der Waals surface area (Å²) in [5.74, 6) is 0.483. The number of allylic oxidation sites excluding steroid dienone is 1. The fourth-order valence-corrected chi connectivity index (χ4v) is 7.90. The Balaban J connectivity index is 1.92. The summed E-state index contributed by atoms with van der Waals surface area (Å²) in [7, 11) is -1.02. The van der Waals surface area contributed by atoms with Crippen LogP contribution in [-0.4, -0.2) is 8.80 Å². The minimum atomic E-state index is -1.02. The molecule has 1 aliphatic rings. The second kappa shape index (κ2) is 6.98. The fraction of sp³-hybridized carbons (Fsp3) is 0.231. The molecule has 0 heterocycles. The lowest BCUT2D eigenvalue weighted by Gasteiger charge is -2.23. The van der Waals surface area contributed by atoms with Crippen molar-refractivity contribution in [1.82, 2.24) is 0 Å². The zero-order valence-corrected chi connectivity index (χ0v) is 17.9. The van der Waals surface area contributed by atoms with E-state index in [9.17, 15) is 0 Å². The minimum absolute atomic E-state index is 0.483. The average molecular weight is 368 g/mol. The number of aryl methyl sites for hydroxylation is 4. The molecule has 1 unspecified atom stereocenters. The van der Waals surface area contributed by atoms with E-state index in [-0.39, 0.29) is 0 Å². The normalized spacial score (nSPS) is 15.8. The van der Waals surface area contributed by atoms with Gasteiger partial charge >= 0.3 is 0 Å². The summed E-state index contributed by atoms with van der Waals surface area (Å²) in [5, 5.41) is 4.62. The molecule has 0 spiro atoms. The van der Waals surface area contributed by atoms with Crippen molar-refractivity contribution < 1.29 is 0 Å². The van der Waals surface area contributed by atoms with Crippen LogP contribution < -0.4 is 10.4 Å². The number of fused-ring (bicyclic) bond motifs is 1. The third-order valence-electron chi connectivity index (χ3n) is 5.55. The van der Waals surface area contributed by atoms with Crippen molar-refractivity contribution >= 4 is 25.2 Å². The van der Waals surface area contributed by atoms with Crippen LogP contribution in [0.15, 0.2) is 65.9 Å². The van der Waals surface area contributed by atoms with Crippen LogP contribution >= 0.6 is 0 Å². The van der Waals surface area contributed by atoms with Gasteiger partial charge in [0.05, 0.1) is 0 Å². The summed E-state index contributed by atoms with van der Waals surface area (Å²) in [5.41, 5.74) is 8.32. The maximum Gasteiger partial charge on any atom is 0.151 e. The second-order valence-electron chi connectivity index (χ2n) is 8.08. The van der Waals surface area contributed by atoms with Crippen LogP contribution in [0.3, 0.4) is 0 Å². The van der Waals surface area contributed by atoms with Crippen molar-refractivity contribution in [3.63, 3.8) is 0 Å². The van der Waals surface area contributed by atoms with Gasteiger partial charge in [-0.2, -0.15) is 0 Å². The second-order valence-corrected chi connectivity index (χ2v) is 10.6. The Morgan fingerprint density at radius 2 is 1.15 bits per heavy atom. The number of hydrogen-bond acceptors (Lipinski definition) is 0. The molecule has 0 amide bonds. The van der Waals surface area contributed by atoms with Gasteiger partial charge in [-0.25, -0.2) is 0 Å². The predicted molar refractivity (Wildman–Crippen MR) is 120 cm³/mol. The number of hydrogen-bond donors (Lipinski definition) is 0. The fourth-order valence-electron chi connectivity index (χ4n) is 4.52. The standard InChI is InChI=1S/C26H27Si/c1-17-10-18(2)13-23(12-17)27(24-14-19(3)11-20(4)15-24)26-16-22-8-6-7-9-25(22)21(26)5/h6-16,21H,1-5H3. The average Bonchev–Trinajstić information content (AvgIpc) is 2.91. The topological polar surface area (TPSA) is 0 Å². The highest BCUT2D eigenvalue weighted by Gasteiger charge is 2.31. The maximum atomic E-state index is 2.48. The van der Waals surface area contributed by atoms with Crippen molar-refractivity contribution in [3.8, 4) is 0 Å². The third-order valence-corrected chi connectivity index (χ3v) is 8.44. The van der Waals surface area contributed by atoms with E-state index in [1.54, 1.807) is 5.20 Å². The molecule has 1 aliphatic carbocycles. The first-order valence-corrected chi connectivity index (χ1v) is 11.3. The van der Waals surface area contributed by atoms with Gasteiger partial charge in [0.2, 0.25) is 0 Å². The quantitative estimate of drug-likeness (QED) is 0.553. The largest absolute Gasteiger partial charge is 0.151 e. The Hall–Kier alpha value is -2.38. The van der Waals surface area contributed by atoms with Crippen LogP contribution in [0.25, 0.3) is 6.08 Å². The van der Waals surface area contributed by atoms with Gasteiger partial charge in [-0.3, -0.25) is 0 Å². The lowest BCUT2D eigenvalue weighted by molar-refractivity contribution is 0.967. The summed E-state index contributed by atoms with van der Waals surface area (Å²) < 4.78 is 0. The van der Waals surface area contributed by atoms with Crippen LogP contribution in [0, 0.1) is 27.7 Å². The molecule has 27 heavy (non-hydrogen) atoms. The van der Waals surface area contributed by atoms with E-state index in [2.05, 4.69) is 101 Å².